The summed E-state index contributed by atoms with van der Waals surface area (Å²) in [4.78, 5) is 7.78. The predicted octanol–water partition coefficient (Wildman–Crippen LogP) is 5.86. The zero-order valence-electron chi connectivity index (χ0n) is 22.5. The Hall–Kier alpha value is -3.13. The Morgan fingerprint density at radius 1 is 0.949 bits per heavy atom. The topological polar surface area (TPSA) is 64.8 Å². The lowest BCUT2D eigenvalue weighted by Gasteiger charge is -2.38. The van der Waals surface area contributed by atoms with Crippen LogP contribution >= 0.6 is 0 Å². The highest BCUT2D eigenvalue weighted by molar-refractivity contribution is 7.89. The number of nitrogens with one attached hydrogen (secondary N) is 1. The highest BCUT2D eigenvalue weighted by Crippen LogP contribution is 2.40. The molecule has 3 aliphatic heterocycles. The minimum atomic E-state index is -3.54. The third-order valence-corrected chi connectivity index (χ3v) is 10.1. The minimum absolute atomic E-state index is 0.119. The van der Waals surface area contributed by atoms with E-state index >= 15 is 0 Å². The molecule has 7 heteroatoms. The van der Waals surface area contributed by atoms with Crippen molar-refractivity contribution in [3.8, 4) is 0 Å². The summed E-state index contributed by atoms with van der Waals surface area (Å²) in [5.41, 5.74) is 3.43. The average molecular weight is 542 g/mol. The van der Waals surface area contributed by atoms with Gasteiger partial charge in [-0.3, -0.25) is 4.90 Å². The van der Waals surface area contributed by atoms with E-state index in [9.17, 15) is 8.42 Å². The molecule has 3 aromatic rings. The molecule has 3 unspecified atom stereocenters. The monoisotopic (exact) mass is 541 g/mol. The fraction of sp³-hybridized carbons (Fsp3) is 0.375. The summed E-state index contributed by atoms with van der Waals surface area (Å²) in [6, 6.07) is 28.5. The van der Waals surface area contributed by atoms with E-state index in [1.54, 1.807) is 24.3 Å². The van der Waals surface area contributed by atoms with Crippen LogP contribution in [0.2, 0.25) is 0 Å². The van der Waals surface area contributed by atoms with E-state index in [1.165, 1.54) is 36.9 Å². The molecule has 2 fully saturated rings. The lowest BCUT2D eigenvalue weighted by atomic mass is 9.90. The third kappa shape index (κ3) is 5.62. The van der Waals surface area contributed by atoms with Crippen LogP contribution in [0, 0.1) is 5.92 Å². The Bertz CT molecular complexity index is 1460. The summed E-state index contributed by atoms with van der Waals surface area (Å²) >= 11 is 0. The highest BCUT2D eigenvalue weighted by Gasteiger charge is 2.41. The average Bonchev–Trinajstić information content (AvgIpc) is 3.40. The Morgan fingerprint density at radius 2 is 1.59 bits per heavy atom. The summed E-state index contributed by atoms with van der Waals surface area (Å²) < 4.78 is 31.0. The van der Waals surface area contributed by atoms with Crippen molar-refractivity contribution in [3.05, 3.63) is 90.5 Å². The van der Waals surface area contributed by atoms with Gasteiger partial charge in [0.25, 0.3) is 0 Å². The van der Waals surface area contributed by atoms with Gasteiger partial charge in [-0.15, -0.1) is 0 Å². The molecule has 6 rings (SSSR count). The fourth-order valence-corrected chi connectivity index (χ4v) is 7.78. The van der Waals surface area contributed by atoms with Gasteiger partial charge in [-0.2, -0.15) is 4.58 Å². The molecule has 6 nitrogen and oxygen atoms in total. The van der Waals surface area contributed by atoms with Crippen LogP contribution in [0.15, 0.2) is 94.8 Å². The van der Waals surface area contributed by atoms with E-state index in [0.717, 1.165) is 24.5 Å². The standard InChI is InChI=1S/C32H37N4O2S/c1-24-34-31-14-8-9-15-32(31)36(24)23-25-20-28-16-17-29(21-25)35(28)19-18-27(26-10-4-2-5-11-26)22-33-39(37,38)30-12-6-3-7-13-30/h2-15,23,25,27-29,33H,16-22H2,1H3/q+1. The molecule has 3 aliphatic rings. The smallest absolute Gasteiger partial charge is 0.297 e. The first-order valence-corrected chi connectivity index (χ1v) is 15.6. The first kappa shape index (κ1) is 26.1. The van der Waals surface area contributed by atoms with Gasteiger partial charge in [0.1, 0.15) is 0 Å². The first-order valence-electron chi connectivity index (χ1n) is 14.1. The van der Waals surface area contributed by atoms with E-state index in [0.29, 0.717) is 29.4 Å². The number of hydrogen-bond acceptors (Lipinski definition) is 4. The van der Waals surface area contributed by atoms with Gasteiger partial charge >= 0.3 is 5.84 Å². The largest absolute Gasteiger partial charge is 0.301 e. The minimum Gasteiger partial charge on any atom is -0.297 e. The molecule has 3 atom stereocenters. The van der Waals surface area contributed by atoms with Crippen molar-refractivity contribution in [1.82, 2.24) is 9.62 Å². The molecule has 39 heavy (non-hydrogen) atoms. The van der Waals surface area contributed by atoms with E-state index < -0.39 is 10.0 Å². The fourth-order valence-electron chi connectivity index (χ4n) is 6.68. The van der Waals surface area contributed by atoms with Crippen LogP contribution in [0.25, 0.3) is 0 Å². The molecule has 2 saturated heterocycles. The molecule has 1 N–H and O–H groups in total. The van der Waals surface area contributed by atoms with E-state index in [4.69, 9.17) is 4.99 Å². The summed E-state index contributed by atoms with van der Waals surface area (Å²) in [5, 5.41) is 0. The zero-order chi connectivity index (χ0) is 26.8. The molecule has 0 radical (unpaired) electrons. The molecule has 3 aromatic carbocycles. The maximum atomic E-state index is 12.9. The van der Waals surface area contributed by atoms with Gasteiger partial charge in [-0.25, -0.2) is 13.1 Å². The maximum Gasteiger partial charge on any atom is 0.301 e. The zero-order valence-corrected chi connectivity index (χ0v) is 23.3. The van der Waals surface area contributed by atoms with Gasteiger partial charge in [0.05, 0.1) is 11.1 Å². The van der Waals surface area contributed by atoms with Gasteiger partial charge in [0, 0.05) is 31.5 Å². The Balaban J connectivity index is 1.12. The number of aliphatic imine (C=N–C) groups is 1. The molecule has 0 aliphatic carbocycles. The molecular weight excluding hydrogens is 504 g/mol. The van der Waals surface area contributed by atoms with Crippen molar-refractivity contribution in [2.45, 2.75) is 61.9 Å². The van der Waals surface area contributed by atoms with Gasteiger partial charge in [0.15, 0.2) is 5.69 Å². The Labute approximate surface area is 232 Å². The van der Waals surface area contributed by atoms with Crippen LogP contribution < -0.4 is 4.72 Å². The lowest BCUT2D eigenvalue weighted by molar-refractivity contribution is -0.299. The van der Waals surface area contributed by atoms with Crippen LogP contribution in [0.5, 0.6) is 0 Å². The number of para-hydroxylation sites is 2. The van der Waals surface area contributed by atoms with Crippen molar-refractivity contribution >= 4 is 33.4 Å². The number of benzene rings is 3. The molecule has 0 saturated carbocycles. The summed E-state index contributed by atoms with van der Waals surface area (Å²) in [7, 11) is -3.54. The second-order valence-corrected chi connectivity index (χ2v) is 12.8. The molecule has 0 aromatic heterocycles. The van der Waals surface area contributed by atoms with E-state index in [-0.39, 0.29) is 5.92 Å². The quantitative estimate of drug-likeness (QED) is 0.345. The predicted molar refractivity (Wildman–Crippen MR) is 157 cm³/mol. The van der Waals surface area contributed by atoms with Crippen molar-refractivity contribution in [1.29, 1.82) is 0 Å². The number of fused-ring (bicyclic) bond motifs is 3. The SMILES string of the molecule is CC1=Nc2ccccc2[N+]1=CC1CC2CCC(C1)N2CCC(CNS(=O)(=O)c1ccccc1)c1ccccc1. The van der Waals surface area contributed by atoms with Crippen molar-refractivity contribution in [2.24, 2.45) is 10.9 Å². The van der Waals surface area contributed by atoms with Gasteiger partial charge in [-0.1, -0.05) is 60.7 Å². The summed E-state index contributed by atoms with van der Waals surface area (Å²) in [6.07, 6.45) is 8.16. The maximum absolute atomic E-state index is 12.9. The Kier molecular flexibility index (Phi) is 7.47. The normalized spacial score (nSPS) is 24.5. The molecule has 2 bridgehead atoms. The molecule has 3 heterocycles. The lowest BCUT2D eigenvalue weighted by Crippen LogP contribution is -2.44. The van der Waals surface area contributed by atoms with Crippen LogP contribution in [-0.2, 0) is 10.0 Å². The van der Waals surface area contributed by atoms with E-state index in [1.807, 2.05) is 30.3 Å². The highest BCUT2D eigenvalue weighted by atomic mass is 32.2. The van der Waals surface area contributed by atoms with Crippen molar-refractivity contribution < 1.29 is 13.0 Å². The molecule has 0 spiro atoms. The van der Waals surface area contributed by atoms with Gasteiger partial charge < -0.3 is 0 Å². The van der Waals surface area contributed by atoms with Gasteiger partial charge in [0.2, 0.25) is 15.7 Å². The summed E-state index contributed by atoms with van der Waals surface area (Å²) in [6.45, 7) is 3.48. The van der Waals surface area contributed by atoms with Crippen LogP contribution in [-0.4, -0.2) is 55.1 Å². The van der Waals surface area contributed by atoms with E-state index in [2.05, 4.69) is 57.7 Å². The second kappa shape index (κ2) is 11.2. The van der Waals surface area contributed by atoms with Gasteiger partial charge in [-0.05, 0) is 79.4 Å². The molecule has 202 valence electrons. The number of rotatable bonds is 9. The van der Waals surface area contributed by atoms with Crippen LogP contribution in [0.3, 0.4) is 0 Å². The van der Waals surface area contributed by atoms with Crippen LogP contribution in [0.1, 0.15) is 50.5 Å². The number of hydrogen-bond donors (Lipinski definition) is 1. The second-order valence-electron chi connectivity index (χ2n) is 11.1. The first-order chi connectivity index (χ1) is 19.0. The van der Waals surface area contributed by atoms with Crippen molar-refractivity contribution in [2.75, 3.05) is 13.1 Å². The number of amidine groups is 1. The molecule has 0 amide bonds. The number of sulfonamides is 1. The van der Waals surface area contributed by atoms with Crippen molar-refractivity contribution in [3.63, 3.8) is 0 Å². The van der Waals surface area contributed by atoms with Crippen LogP contribution in [0.4, 0.5) is 11.4 Å². The number of nitrogens with zero attached hydrogens (tertiary/aromatic N) is 3. The number of piperidine rings is 1. The third-order valence-electron chi connectivity index (χ3n) is 8.63. The summed E-state index contributed by atoms with van der Waals surface area (Å²) in [5.74, 6) is 1.71. The molecular formula is C32H37N4O2S+. The Morgan fingerprint density at radius 3 is 2.31 bits per heavy atom.